The van der Waals surface area contributed by atoms with Gasteiger partial charge in [-0.3, -0.25) is 4.57 Å². The summed E-state index contributed by atoms with van der Waals surface area (Å²) in [5.74, 6) is 0. The van der Waals surface area contributed by atoms with Gasteiger partial charge in [-0.15, -0.1) is 0 Å². The highest BCUT2D eigenvalue weighted by Crippen LogP contribution is 2.57. The molecule has 116 valence electrons. The molecular weight excluding hydrogens is 290 g/mol. The molecule has 0 bridgehead atoms. The maximum Gasteiger partial charge on any atom is 0.389 e. The minimum Gasteiger partial charge on any atom is -0.304 e. The van der Waals surface area contributed by atoms with Crippen molar-refractivity contribution in [1.82, 2.24) is 0 Å². The minimum atomic E-state index is -3.86. The van der Waals surface area contributed by atoms with Crippen molar-refractivity contribution < 1.29 is 18.0 Å². The molecule has 0 N–H and O–H groups in total. The molecule has 0 fully saturated rings. The zero-order valence-corrected chi connectivity index (χ0v) is 13.8. The second kappa shape index (κ2) is 8.28. The maximum atomic E-state index is 14.4. The van der Waals surface area contributed by atoms with Crippen LogP contribution in [0.15, 0.2) is 47.5 Å². The minimum absolute atomic E-state index is 0.119. The molecule has 1 aromatic carbocycles. The van der Waals surface area contributed by atoms with Crippen LogP contribution in [-0.2, 0) is 13.6 Å². The molecule has 0 unspecified atom stereocenters. The van der Waals surface area contributed by atoms with Crippen molar-refractivity contribution in [2.24, 2.45) is 0 Å². The molecule has 3 nitrogen and oxygen atoms in total. The van der Waals surface area contributed by atoms with Crippen LogP contribution < -0.4 is 0 Å². The van der Waals surface area contributed by atoms with Crippen molar-refractivity contribution in [1.29, 1.82) is 0 Å². The fraction of sp³-hybridized carbons (Fsp3) is 0.375. The van der Waals surface area contributed by atoms with Crippen LogP contribution in [0.3, 0.4) is 0 Å². The van der Waals surface area contributed by atoms with Crippen LogP contribution in [0.4, 0.5) is 4.39 Å². The largest absolute Gasteiger partial charge is 0.389 e. The van der Waals surface area contributed by atoms with E-state index in [1.165, 1.54) is 6.08 Å². The molecular formula is C16H22FO3P. The Kier molecular flexibility index (Phi) is 7.03. The zero-order chi connectivity index (χ0) is 15.9. The molecule has 1 rings (SSSR count). The van der Waals surface area contributed by atoms with E-state index >= 15 is 0 Å². The van der Waals surface area contributed by atoms with Gasteiger partial charge in [-0.25, -0.2) is 0 Å². The van der Waals surface area contributed by atoms with Gasteiger partial charge in [0.05, 0.1) is 13.2 Å². The first-order chi connectivity index (χ1) is 9.94. The molecule has 0 spiro atoms. The van der Waals surface area contributed by atoms with Crippen molar-refractivity contribution in [3.63, 3.8) is 0 Å². The standard InChI is InChI=1S/C16H22FO3P/c1-5-19-21(18,20-6-2)16(17)12-15(13(3)4)14-10-8-7-9-11-14/h7-12H,5-6H2,1-4H3/b16-12+. The molecule has 0 aliphatic heterocycles. The summed E-state index contributed by atoms with van der Waals surface area (Å²) in [6, 6.07) is 9.37. The molecule has 0 amide bonds. The van der Waals surface area contributed by atoms with E-state index < -0.39 is 13.2 Å². The van der Waals surface area contributed by atoms with Gasteiger partial charge in [-0.2, -0.15) is 4.39 Å². The van der Waals surface area contributed by atoms with Crippen molar-refractivity contribution in [2.75, 3.05) is 13.2 Å². The van der Waals surface area contributed by atoms with Gasteiger partial charge in [-0.05, 0) is 44.9 Å². The molecule has 0 saturated carbocycles. The average Bonchev–Trinajstić information content (AvgIpc) is 2.45. The molecule has 1 aromatic rings. The molecule has 0 aliphatic carbocycles. The van der Waals surface area contributed by atoms with Crippen LogP contribution in [0.25, 0.3) is 5.57 Å². The number of hydrogen-bond acceptors (Lipinski definition) is 3. The van der Waals surface area contributed by atoms with Crippen molar-refractivity contribution >= 4 is 13.2 Å². The number of halogens is 1. The summed E-state index contributed by atoms with van der Waals surface area (Å²) < 4.78 is 36.9. The summed E-state index contributed by atoms with van der Waals surface area (Å²) in [7, 11) is -3.86. The Morgan fingerprint density at radius 1 is 1.14 bits per heavy atom. The summed E-state index contributed by atoms with van der Waals surface area (Å²) in [5.41, 5.74) is 1.57. The van der Waals surface area contributed by atoms with Gasteiger partial charge in [-0.1, -0.05) is 35.9 Å². The second-order valence-corrected chi connectivity index (χ2v) is 6.52. The van der Waals surface area contributed by atoms with Crippen LogP contribution in [0, 0.1) is 0 Å². The van der Waals surface area contributed by atoms with Gasteiger partial charge in [0.25, 0.3) is 0 Å². The SMILES string of the molecule is CCOP(=O)(OCC)/C(F)=C/C(=C(C)C)c1ccccc1. The summed E-state index contributed by atoms with van der Waals surface area (Å²) in [6.07, 6.45) is 1.25. The lowest BCUT2D eigenvalue weighted by atomic mass is 10.0. The average molecular weight is 312 g/mol. The first-order valence-corrected chi connectivity index (χ1v) is 8.48. The van der Waals surface area contributed by atoms with E-state index in [-0.39, 0.29) is 13.2 Å². The topological polar surface area (TPSA) is 35.5 Å². The normalized spacial score (nSPS) is 12.3. The predicted molar refractivity (Wildman–Crippen MR) is 84.8 cm³/mol. The Hall–Kier alpha value is -1.22. The van der Waals surface area contributed by atoms with Crippen molar-refractivity contribution in [3.8, 4) is 0 Å². The van der Waals surface area contributed by atoms with Crippen LogP contribution in [0.2, 0.25) is 0 Å². The van der Waals surface area contributed by atoms with Crippen LogP contribution in [0.1, 0.15) is 33.3 Å². The van der Waals surface area contributed by atoms with Gasteiger partial charge in [0.15, 0.2) is 0 Å². The van der Waals surface area contributed by atoms with Crippen molar-refractivity contribution in [3.05, 3.63) is 53.1 Å². The van der Waals surface area contributed by atoms with E-state index in [9.17, 15) is 8.96 Å². The van der Waals surface area contributed by atoms with Crippen LogP contribution >= 0.6 is 7.60 Å². The molecule has 5 heteroatoms. The maximum absolute atomic E-state index is 14.4. The highest BCUT2D eigenvalue weighted by molar-refractivity contribution is 7.58. The summed E-state index contributed by atoms with van der Waals surface area (Å²) in [4.78, 5) is 0. The highest BCUT2D eigenvalue weighted by Gasteiger charge is 2.30. The van der Waals surface area contributed by atoms with Gasteiger partial charge >= 0.3 is 7.60 Å². The number of allylic oxidation sites excluding steroid dienone is 3. The first-order valence-electron chi connectivity index (χ1n) is 6.94. The second-order valence-electron chi connectivity index (χ2n) is 4.58. The summed E-state index contributed by atoms with van der Waals surface area (Å²) >= 11 is 0. The first kappa shape index (κ1) is 17.8. The third kappa shape index (κ3) is 4.92. The highest BCUT2D eigenvalue weighted by atomic mass is 31.2. The molecule has 21 heavy (non-hydrogen) atoms. The lowest BCUT2D eigenvalue weighted by Gasteiger charge is -2.15. The molecule has 0 atom stereocenters. The monoisotopic (exact) mass is 312 g/mol. The quantitative estimate of drug-likeness (QED) is 0.488. The zero-order valence-electron chi connectivity index (χ0n) is 12.9. The molecule has 0 heterocycles. The third-order valence-electron chi connectivity index (χ3n) is 2.75. The predicted octanol–water partition coefficient (Wildman–Crippen LogP) is 5.56. The Balaban J connectivity index is 3.23. The third-order valence-corrected chi connectivity index (χ3v) is 4.60. The number of rotatable bonds is 7. The van der Waals surface area contributed by atoms with Gasteiger partial charge in [0.2, 0.25) is 5.57 Å². The Morgan fingerprint density at radius 2 is 1.67 bits per heavy atom. The van der Waals surface area contributed by atoms with E-state index in [1.54, 1.807) is 13.8 Å². The van der Waals surface area contributed by atoms with E-state index in [4.69, 9.17) is 9.05 Å². The molecule has 0 aromatic heterocycles. The molecule has 0 radical (unpaired) electrons. The molecule has 0 aliphatic rings. The van der Waals surface area contributed by atoms with Crippen LogP contribution in [-0.4, -0.2) is 13.2 Å². The fourth-order valence-corrected chi connectivity index (χ4v) is 3.12. The van der Waals surface area contributed by atoms with E-state index in [0.29, 0.717) is 5.57 Å². The smallest absolute Gasteiger partial charge is 0.304 e. The van der Waals surface area contributed by atoms with E-state index in [2.05, 4.69) is 0 Å². The lowest BCUT2D eigenvalue weighted by Crippen LogP contribution is -1.97. The Labute approximate surface area is 126 Å². The number of hydrogen-bond donors (Lipinski definition) is 0. The lowest BCUT2D eigenvalue weighted by molar-refractivity contribution is 0.220. The van der Waals surface area contributed by atoms with E-state index in [1.807, 2.05) is 44.2 Å². The van der Waals surface area contributed by atoms with Crippen molar-refractivity contribution in [2.45, 2.75) is 27.7 Å². The number of benzene rings is 1. The van der Waals surface area contributed by atoms with Gasteiger partial charge < -0.3 is 9.05 Å². The van der Waals surface area contributed by atoms with Crippen LogP contribution in [0.5, 0.6) is 0 Å². The summed E-state index contributed by atoms with van der Waals surface area (Å²) in [6.45, 7) is 7.29. The van der Waals surface area contributed by atoms with Gasteiger partial charge in [0.1, 0.15) is 0 Å². The summed E-state index contributed by atoms with van der Waals surface area (Å²) in [5, 5.41) is 0. The fourth-order valence-electron chi connectivity index (χ4n) is 1.83. The Morgan fingerprint density at radius 3 is 2.10 bits per heavy atom. The van der Waals surface area contributed by atoms with E-state index in [0.717, 1.165) is 11.1 Å². The van der Waals surface area contributed by atoms with Gasteiger partial charge in [0, 0.05) is 0 Å². The Bertz CT molecular complexity index is 550. The molecule has 0 saturated heterocycles.